The molecular formula is C12H17NO3. The Balaban J connectivity index is 3.21. The number of aromatic nitrogens is 1. The van der Waals surface area contributed by atoms with Gasteiger partial charge in [0.15, 0.2) is 0 Å². The van der Waals surface area contributed by atoms with Gasteiger partial charge in [-0.2, -0.15) is 0 Å². The second kappa shape index (κ2) is 5.49. The van der Waals surface area contributed by atoms with E-state index in [4.69, 9.17) is 4.74 Å². The van der Waals surface area contributed by atoms with Crippen LogP contribution in [-0.2, 0) is 11.2 Å². The Hall–Kier alpha value is -1.58. The first-order chi connectivity index (χ1) is 7.61. The summed E-state index contributed by atoms with van der Waals surface area (Å²) < 4.78 is 4.69. The number of pyridine rings is 1. The van der Waals surface area contributed by atoms with E-state index in [1.165, 1.54) is 13.3 Å². The number of H-pyrrole nitrogens is 1. The third-order valence-corrected chi connectivity index (χ3v) is 2.65. The fourth-order valence-electron chi connectivity index (χ4n) is 1.64. The lowest BCUT2D eigenvalue weighted by Crippen LogP contribution is -2.17. The van der Waals surface area contributed by atoms with Crippen LogP contribution in [0.15, 0.2) is 11.0 Å². The Bertz CT molecular complexity index is 434. The number of nitrogens with one attached hydrogen (secondary N) is 1. The number of hydrogen-bond donors (Lipinski definition) is 1. The molecule has 1 aromatic rings. The molecule has 1 aromatic heterocycles. The normalized spacial score (nSPS) is 10.2. The number of carbonyl (C=O) groups is 1. The Morgan fingerprint density at radius 2 is 2.19 bits per heavy atom. The van der Waals surface area contributed by atoms with Crippen molar-refractivity contribution in [3.8, 4) is 0 Å². The van der Waals surface area contributed by atoms with Gasteiger partial charge in [-0.3, -0.25) is 4.79 Å². The van der Waals surface area contributed by atoms with Crippen molar-refractivity contribution in [1.29, 1.82) is 0 Å². The van der Waals surface area contributed by atoms with Crippen molar-refractivity contribution in [2.24, 2.45) is 0 Å². The number of unbranched alkanes of at least 4 members (excludes halogenated alkanes) is 1. The van der Waals surface area contributed by atoms with E-state index in [2.05, 4.69) is 11.9 Å². The Morgan fingerprint density at radius 3 is 2.75 bits per heavy atom. The lowest BCUT2D eigenvalue weighted by atomic mass is 9.99. The van der Waals surface area contributed by atoms with Crippen LogP contribution in [0, 0.1) is 6.92 Å². The first kappa shape index (κ1) is 12.5. The summed E-state index contributed by atoms with van der Waals surface area (Å²) in [5.74, 6) is -0.398. The van der Waals surface area contributed by atoms with Gasteiger partial charge in [-0.1, -0.05) is 13.3 Å². The minimum atomic E-state index is -0.398. The maximum Gasteiger partial charge on any atom is 0.339 e. The summed E-state index contributed by atoms with van der Waals surface area (Å²) in [7, 11) is 1.34. The highest BCUT2D eigenvalue weighted by Crippen LogP contribution is 2.14. The largest absolute Gasteiger partial charge is 0.465 e. The quantitative estimate of drug-likeness (QED) is 0.792. The molecule has 0 fully saturated rings. The van der Waals surface area contributed by atoms with Crippen molar-refractivity contribution >= 4 is 5.97 Å². The van der Waals surface area contributed by atoms with Crippen molar-refractivity contribution in [3.63, 3.8) is 0 Å². The van der Waals surface area contributed by atoms with E-state index in [1.807, 2.05) is 0 Å². The van der Waals surface area contributed by atoms with Crippen LogP contribution in [0.1, 0.15) is 41.3 Å². The average molecular weight is 223 g/mol. The number of rotatable bonds is 4. The van der Waals surface area contributed by atoms with Crippen LogP contribution >= 0.6 is 0 Å². The van der Waals surface area contributed by atoms with E-state index in [9.17, 15) is 9.59 Å². The number of esters is 1. The minimum Gasteiger partial charge on any atom is -0.465 e. The van der Waals surface area contributed by atoms with Gasteiger partial charge in [0.05, 0.1) is 12.7 Å². The number of ether oxygens (including phenoxy) is 1. The number of aromatic amines is 1. The van der Waals surface area contributed by atoms with Crippen molar-refractivity contribution in [3.05, 3.63) is 33.2 Å². The third kappa shape index (κ3) is 2.51. The molecular weight excluding hydrogens is 206 g/mol. The number of carbonyl (C=O) groups excluding carboxylic acids is 1. The summed E-state index contributed by atoms with van der Waals surface area (Å²) in [4.78, 5) is 25.5. The topological polar surface area (TPSA) is 59.2 Å². The zero-order chi connectivity index (χ0) is 12.1. The summed E-state index contributed by atoms with van der Waals surface area (Å²) in [5, 5.41) is 0. The molecule has 0 unspecified atom stereocenters. The predicted molar refractivity (Wildman–Crippen MR) is 61.8 cm³/mol. The molecule has 1 heterocycles. The van der Waals surface area contributed by atoms with Gasteiger partial charge in [0.2, 0.25) is 0 Å². The first-order valence-electron chi connectivity index (χ1n) is 5.41. The summed E-state index contributed by atoms with van der Waals surface area (Å²) in [6.45, 7) is 3.80. The van der Waals surface area contributed by atoms with Crippen molar-refractivity contribution < 1.29 is 9.53 Å². The molecule has 0 spiro atoms. The average Bonchev–Trinajstić information content (AvgIpc) is 2.30. The molecule has 0 amide bonds. The lowest BCUT2D eigenvalue weighted by Gasteiger charge is -2.09. The van der Waals surface area contributed by atoms with E-state index < -0.39 is 5.97 Å². The second-order valence-electron chi connectivity index (χ2n) is 3.73. The van der Waals surface area contributed by atoms with E-state index in [1.54, 1.807) is 6.92 Å². The molecule has 0 aliphatic rings. The van der Waals surface area contributed by atoms with Crippen LogP contribution in [0.25, 0.3) is 0 Å². The highest BCUT2D eigenvalue weighted by atomic mass is 16.5. The molecule has 0 aromatic carbocycles. The number of hydrogen-bond acceptors (Lipinski definition) is 3. The monoisotopic (exact) mass is 223 g/mol. The lowest BCUT2D eigenvalue weighted by molar-refractivity contribution is 0.0598. The van der Waals surface area contributed by atoms with Gasteiger partial charge >= 0.3 is 5.97 Å². The van der Waals surface area contributed by atoms with Gasteiger partial charge < -0.3 is 9.72 Å². The highest BCUT2D eigenvalue weighted by Gasteiger charge is 2.15. The van der Waals surface area contributed by atoms with Crippen molar-refractivity contribution in [1.82, 2.24) is 4.98 Å². The highest BCUT2D eigenvalue weighted by molar-refractivity contribution is 5.90. The fraction of sp³-hybridized carbons (Fsp3) is 0.500. The Morgan fingerprint density at radius 1 is 1.50 bits per heavy atom. The predicted octanol–water partition coefficient (Wildman–Crippen LogP) is 1.81. The molecule has 1 N–H and O–H groups in total. The fourth-order valence-corrected chi connectivity index (χ4v) is 1.64. The molecule has 0 aliphatic carbocycles. The van der Waals surface area contributed by atoms with Crippen molar-refractivity contribution in [2.45, 2.75) is 33.1 Å². The van der Waals surface area contributed by atoms with Crippen LogP contribution < -0.4 is 5.56 Å². The molecule has 4 heteroatoms. The van der Waals surface area contributed by atoms with Crippen LogP contribution in [-0.4, -0.2) is 18.1 Å². The maximum atomic E-state index is 11.5. The van der Waals surface area contributed by atoms with E-state index in [0.29, 0.717) is 11.1 Å². The van der Waals surface area contributed by atoms with E-state index >= 15 is 0 Å². The summed E-state index contributed by atoms with van der Waals surface area (Å²) in [5.41, 5.74) is 1.74. The zero-order valence-corrected chi connectivity index (χ0v) is 9.92. The molecule has 16 heavy (non-hydrogen) atoms. The molecule has 0 radical (unpaired) electrons. The van der Waals surface area contributed by atoms with Gasteiger partial charge in [-0.05, 0) is 25.3 Å². The van der Waals surface area contributed by atoms with Crippen LogP contribution in [0.5, 0.6) is 0 Å². The molecule has 88 valence electrons. The van der Waals surface area contributed by atoms with Crippen molar-refractivity contribution in [2.75, 3.05) is 7.11 Å². The first-order valence-corrected chi connectivity index (χ1v) is 5.41. The van der Waals surface area contributed by atoms with Crippen LogP contribution in [0.3, 0.4) is 0 Å². The molecule has 0 bridgehead atoms. The van der Waals surface area contributed by atoms with Gasteiger partial charge in [0, 0.05) is 11.8 Å². The molecule has 4 nitrogen and oxygen atoms in total. The molecule has 0 saturated heterocycles. The minimum absolute atomic E-state index is 0.140. The third-order valence-electron chi connectivity index (χ3n) is 2.65. The van der Waals surface area contributed by atoms with E-state index in [0.717, 1.165) is 24.8 Å². The summed E-state index contributed by atoms with van der Waals surface area (Å²) >= 11 is 0. The molecule has 0 aliphatic heterocycles. The summed E-state index contributed by atoms with van der Waals surface area (Å²) in [6.07, 6.45) is 4.14. The SMILES string of the molecule is CCCCc1c(C(=O)OC)c[nH]c(=O)c1C. The number of methoxy groups -OCH3 is 1. The molecule has 0 saturated carbocycles. The van der Waals surface area contributed by atoms with E-state index in [-0.39, 0.29) is 5.56 Å². The molecule has 1 rings (SSSR count). The van der Waals surface area contributed by atoms with Gasteiger partial charge in [-0.15, -0.1) is 0 Å². The van der Waals surface area contributed by atoms with Gasteiger partial charge in [0.25, 0.3) is 5.56 Å². The summed E-state index contributed by atoms with van der Waals surface area (Å²) in [6, 6.07) is 0. The Kier molecular flexibility index (Phi) is 4.28. The van der Waals surface area contributed by atoms with Gasteiger partial charge in [0.1, 0.15) is 0 Å². The van der Waals surface area contributed by atoms with Gasteiger partial charge in [-0.25, -0.2) is 4.79 Å². The standard InChI is InChI=1S/C12H17NO3/c1-4-5-6-9-8(2)11(14)13-7-10(9)12(15)16-3/h7H,4-6H2,1-3H3,(H,13,14). The smallest absolute Gasteiger partial charge is 0.339 e. The zero-order valence-electron chi connectivity index (χ0n) is 9.92. The second-order valence-corrected chi connectivity index (χ2v) is 3.73. The van der Waals surface area contributed by atoms with Crippen LogP contribution in [0.2, 0.25) is 0 Å². The van der Waals surface area contributed by atoms with Crippen LogP contribution in [0.4, 0.5) is 0 Å². The maximum absolute atomic E-state index is 11.5. The molecule has 0 atom stereocenters. The Labute approximate surface area is 94.6 Å².